The summed E-state index contributed by atoms with van der Waals surface area (Å²) < 4.78 is 16.3. The fourth-order valence-electron chi connectivity index (χ4n) is 5.90. The highest BCUT2D eigenvalue weighted by atomic mass is 32.2. The quantitative estimate of drug-likeness (QED) is 0.181. The van der Waals surface area contributed by atoms with E-state index in [1.165, 1.54) is 35.2 Å². The first kappa shape index (κ1) is 38.1. The maximum Gasteiger partial charge on any atom is 0.325 e. The lowest BCUT2D eigenvalue weighted by atomic mass is 10.1. The summed E-state index contributed by atoms with van der Waals surface area (Å²) in [7, 11) is 5.74. The monoisotopic (exact) mass is 746 g/mol. The number of benzene rings is 3. The molecule has 53 heavy (non-hydrogen) atoms. The van der Waals surface area contributed by atoms with E-state index in [0.29, 0.717) is 32.3 Å². The van der Waals surface area contributed by atoms with Crippen molar-refractivity contribution in [1.82, 2.24) is 20.9 Å². The molecule has 3 aromatic rings. The highest BCUT2D eigenvalue weighted by molar-refractivity contribution is 8.00. The average molecular weight is 747 g/mol. The van der Waals surface area contributed by atoms with Crippen LogP contribution in [0.5, 0.6) is 11.5 Å². The van der Waals surface area contributed by atoms with Gasteiger partial charge in [0.25, 0.3) is 11.8 Å². The van der Waals surface area contributed by atoms with E-state index >= 15 is 0 Å². The minimum absolute atomic E-state index is 0.0703. The predicted octanol–water partition coefficient (Wildman–Crippen LogP) is 2.00. The SMILES string of the molecule is COC(=O)CN(C(=O)[C@@H](C)NC(=O)CNC(=O)CNC(C)=O)c1c(OC)ccc2c1Sc1c(ccc(OC)c1C(=O)N1Cc3ccccc3C1=O)N2C. The van der Waals surface area contributed by atoms with E-state index < -0.39 is 60.5 Å². The Bertz CT molecular complexity index is 2020. The number of imide groups is 1. The van der Waals surface area contributed by atoms with Gasteiger partial charge in [0.15, 0.2) is 0 Å². The molecule has 0 aromatic heterocycles. The zero-order chi connectivity index (χ0) is 38.6. The summed E-state index contributed by atoms with van der Waals surface area (Å²) >= 11 is 1.12. The second-order valence-electron chi connectivity index (χ2n) is 11.9. The van der Waals surface area contributed by atoms with Crippen LogP contribution in [0.2, 0.25) is 0 Å². The lowest BCUT2D eigenvalue weighted by Gasteiger charge is -2.35. The van der Waals surface area contributed by atoms with Crippen LogP contribution in [-0.4, -0.2) is 100 Å². The number of hydrogen-bond acceptors (Lipinski definition) is 12. The molecule has 278 valence electrons. The van der Waals surface area contributed by atoms with Crippen molar-refractivity contribution in [3.63, 3.8) is 0 Å². The molecular formula is C36H38N6O10S. The van der Waals surface area contributed by atoms with E-state index in [0.717, 1.165) is 21.6 Å². The molecule has 16 nitrogen and oxygen atoms in total. The van der Waals surface area contributed by atoms with Gasteiger partial charge in [0, 0.05) is 19.5 Å². The number of hydrogen-bond donors (Lipinski definition) is 3. The lowest BCUT2D eigenvalue weighted by molar-refractivity contribution is -0.140. The highest BCUT2D eigenvalue weighted by Gasteiger charge is 2.39. The van der Waals surface area contributed by atoms with Crippen LogP contribution in [0.1, 0.15) is 40.1 Å². The highest BCUT2D eigenvalue weighted by Crippen LogP contribution is 2.56. The lowest BCUT2D eigenvalue weighted by Crippen LogP contribution is -2.51. The largest absolute Gasteiger partial charge is 0.496 e. The van der Waals surface area contributed by atoms with E-state index in [4.69, 9.17) is 14.2 Å². The molecule has 17 heteroatoms. The normalized spacial score (nSPS) is 13.1. The smallest absolute Gasteiger partial charge is 0.325 e. The van der Waals surface area contributed by atoms with Gasteiger partial charge in [0.1, 0.15) is 29.8 Å². The van der Waals surface area contributed by atoms with E-state index in [-0.39, 0.29) is 35.8 Å². The zero-order valence-electron chi connectivity index (χ0n) is 29.9. The number of esters is 1. The Morgan fingerprint density at radius 1 is 0.868 bits per heavy atom. The molecule has 0 fully saturated rings. The van der Waals surface area contributed by atoms with Crippen molar-refractivity contribution in [3.05, 3.63) is 65.2 Å². The second-order valence-corrected chi connectivity index (χ2v) is 13.0. The van der Waals surface area contributed by atoms with Crippen molar-refractivity contribution < 1.29 is 47.8 Å². The standard InChI is InChI=1S/C36H38N6O10S/c1-19(39-28(45)16-38-27(44)15-37-20(2)43)34(47)41(18-29(46)52-6)31-26(51-5)14-12-24-33(31)53-32-23(40(24)3)11-13-25(50-4)30(32)36(49)42-17-21-9-7-8-10-22(21)35(42)48/h7-14,19H,15-18H2,1-6H3,(H,37,43)(H,38,44)(H,39,45)/t19-/m1/s1. The van der Waals surface area contributed by atoms with E-state index in [1.54, 1.807) is 60.5 Å². The first-order valence-electron chi connectivity index (χ1n) is 16.3. The Morgan fingerprint density at radius 3 is 2.15 bits per heavy atom. The van der Waals surface area contributed by atoms with Crippen molar-refractivity contribution in [2.75, 3.05) is 57.8 Å². The van der Waals surface area contributed by atoms with Crippen molar-refractivity contribution in [2.45, 2.75) is 36.2 Å². The molecule has 3 N–H and O–H groups in total. The van der Waals surface area contributed by atoms with Crippen LogP contribution in [0.3, 0.4) is 0 Å². The number of nitrogens with zero attached hydrogens (tertiary/aromatic N) is 3. The van der Waals surface area contributed by atoms with Crippen LogP contribution in [0, 0.1) is 0 Å². The summed E-state index contributed by atoms with van der Waals surface area (Å²) in [6.07, 6.45) is 0. The van der Waals surface area contributed by atoms with E-state index in [2.05, 4.69) is 16.0 Å². The van der Waals surface area contributed by atoms with Gasteiger partial charge in [-0.25, -0.2) is 0 Å². The maximum atomic E-state index is 14.3. The first-order chi connectivity index (χ1) is 25.3. The number of carbonyl (C=O) groups is 7. The molecule has 6 amide bonds. The minimum Gasteiger partial charge on any atom is -0.496 e. The van der Waals surface area contributed by atoms with Gasteiger partial charge in [-0.15, -0.1) is 0 Å². The summed E-state index contributed by atoms with van der Waals surface area (Å²) in [4.78, 5) is 95.5. The van der Waals surface area contributed by atoms with Crippen LogP contribution >= 0.6 is 11.8 Å². The van der Waals surface area contributed by atoms with Crippen LogP contribution in [0.15, 0.2) is 58.3 Å². The second kappa shape index (κ2) is 16.1. The predicted molar refractivity (Wildman–Crippen MR) is 192 cm³/mol. The molecule has 2 heterocycles. The van der Waals surface area contributed by atoms with Gasteiger partial charge in [-0.3, -0.25) is 43.4 Å². The number of anilines is 3. The summed E-state index contributed by atoms with van der Waals surface area (Å²) in [6.45, 7) is 1.31. The van der Waals surface area contributed by atoms with Crippen molar-refractivity contribution in [2.24, 2.45) is 0 Å². The number of amides is 6. The molecule has 0 saturated carbocycles. The van der Waals surface area contributed by atoms with Crippen LogP contribution in [0.25, 0.3) is 0 Å². The van der Waals surface area contributed by atoms with Crippen LogP contribution in [0.4, 0.5) is 17.1 Å². The summed E-state index contributed by atoms with van der Waals surface area (Å²) in [5, 5.41) is 7.20. The van der Waals surface area contributed by atoms with Gasteiger partial charge in [0.2, 0.25) is 23.6 Å². The average Bonchev–Trinajstić information content (AvgIpc) is 3.49. The van der Waals surface area contributed by atoms with Crippen molar-refractivity contribution in [3.8, 4) is 11.5 Å². The molecule has 2 aliphatic rings. The number of carbonyl (C=O) groups excluding carboxylic acids is 7. The molecule has 0 radical (unpaired) electrons. The van der Waals surface area contributed by atoms with Crippen LogP contribution < -0.4 is 35.2 Å². The van der Waals surface area contributed by atoms with Crippen LogP contribution in [-0.2, 0) is 35.3 Å². The Kier molecular flexibility index (Phi) is 11.6. The minimum atomic E-state index is -1.22. The first-order valence-corrected chi connectivity index (χ1v) is 17.1. The Hall–Kier alpha value is -6.10. The molecule has 0 aliphatic carbocycles. The molecule has 3 aromatic carbocycles. The van der Waals surface area contributed by atoms with Gasteiger partial charge in [-0.05, 0) is 42.8 Å². The third-order valence-electron chi connectivity index (χ3n) is 8.56. The fraction of sp³-hybridized carbons (Fsp3) is 0.306. The molecule has 1 atom stereocenters. The molecule has 2 aliphatic heterocycles. The third kappa shape index (κ3) is 7.74. The summed E-state index contributed by atoms with van der Waals surface area (Å²) in [5.74, 6) is -3.87. The van der Waals surface area contributed by atoms with Gasteiger partial charge in [-0.1, -0.05) is 30.0 Å². The van der Waals surface area contributed by atoms with Gasteiger partial charge >= 0.3 is 5.97 Å². The third-order valence-corrected chi connectivity index (χ3v) is 9.79. The molecule has 0 unspecified atom stereocenters. The number of ether oxygens (including phenoxy) is 3. The Labute approximate surface area is 309 Å². The van der Waals surface area contributed by atoms with E-state index in [9.17, 15) is 33.6 Å². The molecule has 0 spiro atoms. The Morgan fingerprint density at radius 2 is 1.51 bits per heavy atom. The number of methoxy groups -OCH3 is 3. The number of nitrogens with one attached hydrogen (secondary N) is 3. The van der Waals surface area contributed by atoms with Gasteiger partial charge in [0.05, 0.1) is 67.7 Å². The van der Waals surface area contributed by atoms with Gasteiger partial charge in [-0.2, -0.15) is 0 Å². The zero-order valence-corrected chi connectivity index (χ0v) is 30.7. The molecule has 0 bridgehead atoms. The van der Waals surface area contributed by atoms with Crippen molar-refractivity contribution >= 4 is 70.2 Å². The van der Waals surface area contributed by atoms with Crippen molar-refractivity contribution in [1.29, 1.82) is 0 Å². The number of rotatable bonds is 12. The molecular weight excluding hydrogens is 708 g/mol. The Balaban J connectivity index is 1.53. The molecule has 5 rings (SSSR count). The molecule has 0 saturated heterocycles. The fourth-order valence-corrected chi connectivity index (χ4v) is 7.32. The topological polar surface area (TPSA) is 193 Å². The number of fused-ring (bicyclic) bond motifs is 3. The summed E-state index contributed by atoms with van der Waals surface area (Å²) in [5.41, 5.74) is 2.61. The van der Waals surface area contributed by atoms with E-state index in [1.807, 2.05) is 0 Å². The maximum absolute atomic E-state index is 14.3. The summed E-state index contributed by atoms with van der Waals surface area (Å²) in [6, 6.07) is 12.6. The van der Waals surface area contributed by atoms with Gasteiger partial charge < -0.3 is 35.1 Å².